The van der Waals surface area contributed by atoms with Crippen molar-refractivity contribution >= 4 is 17.4 Å². The molecule has 0 saturated heterocycles. The molecule has 0 amide bonds. The maximum Gasteiger partial charge on any atom is 1.00 e. The molecule has 2 N–H and O–H groups in total. The Morgan fingerprint density at radius 2 is 1.62 bits per heavy atom. The number of carbonyl (C=O) groups excluding carboxylic acids is 2. The number of halogens is 3. The number of nitrogens with two attached hydrogens (primary N) is 1. The number of aliphatic carboxylic acids is 1. The van der Waals surface area contributed by atoms with Crippen molar-refractivity contribution < 1.29 is 57.4 Å². The summed E-state index contributed by atoms with van der Waals surface area (Å²) >= 11 is 0. The third kappa shape index (κ3) is 4.59. The number of alkyl halides is 3. The predicted octanol–water partition coefficient (Wildman–Crippen LogP) is -1.18. The van der Waals surface area contributed by atoms with Crippen molar-refractivity contribution in [3.63, 3.8) is 0 Å². The molecule has 0 bridgehead atoms. The summed E-state index contributed by atoms with van der Waals surface area (Å²) in [4.78, 5) is 23.0. The Morgan fingerprint density at radius 3 is 2.12 bits per heavy atom. The molecule has 0 saturated carbocycles. The molecule has 0 radical (unpaired) electrons. The second-order valence-electron chi connectivity index (χ2n) is 4.83. The molecule has 4 nitrogen and oxygen atoms in total. The van der Waals surface area contributed by atoms with Crippen molar-refractivity contribution in [2.45, 2.75) is 12.6 Å². The van der Waals surface area contributed by atoms with Gasteiger partial charge in [0.15, 0.2) is 5.78 Å². The monoisotopic (exact) mass is 345 g/mol. The van der Waals surface area contributed by atoms with Gasteiger partial charge in [-0.25, -0.2) is 0 Å². The average molecular weight is 345 g/mol. The first-order valence-corrected chi connectivity index (χ1v) is 6.49. The van der Waals surface area contributed by atoms with Crippen LogP contribution in [-0.2, 0) is 17.4 Å². The first-order chi connectivity index (χ1) is 10.7. The van der Waals surface area contributed by atoms with E-state index in [1.54, 1.807) is 0 Å². The fourth-order valence-electron chi connectivity index (χ4n) is 2.09. The number of carboxylic acid groups (broad SMARTS) is 1. The van der Waals surface area contributed by atoms with Crippen LogP contribution >= 0.6 is 0 Å². The molecule has 2 aromatic carbocycles. The zero-order chi connectivity index (χ0) is 17.2. The number of nitrogen functional groups attached to an aromatic ring is 1. The van der Waals surface area contributed by atoms with Gasteiger partial charge < -0.3 is 15.6 Å². The van der Waals surface area contributed by atoms with Gasteiger partial charge in [0.1, 0.15) is 0 Å². The fourth-order valence-corrected chi connectivity index (χ4v) is 2.09. The first kappa shape index (κ1) is 20.2. The maximum absolute atomic E-state index is 12.5. The van der Waals surface area contributed by atoms with E-state index in [1.165, 1.54) is 18.2 Å². The minimum Gasteiger partial charge on any atom is -0.550 e. The number of hydrogen-bond acceptors (Lipinski definition) is 4. The Bertz CT molecular complexity index is 758. The van der Waals surface area contributed by atoms with Crippen LogP contribution in [0.1, 0.15) is 27.0 Å². The van der Waals surface area contributed by atoms with Crippen LogP contribution in [0.25, 0.3) is 0 Å². The molecule has 0 unspecified atom stereocenters. The number of carbonyl (C=O) groups is 2. The fraction of sp³-hybridized carbons (Fsp3) is 0.125. The van der Waals surface area contributed by atoms with E-state index in [9.17, 15) is 27.9 Å². The number of ketones is 1. The van der Waals surface area contributed by atoms with Gasteiger partial charge in [0.05, 0.1) is 5.56 Å². The molecule has 0 heterocycles. The zero-order valence-corrected chi connectivity index (χ0v) is 14.7. The van der Waals surface area contributed by atoms with Gasteiger partial charge in [-0.2, -0.15) is 13.2 Å². The van der Waals surface area contributed by atoms with Crippen LogP contribution < -0.4 is 40.4 Å². The number of anilines is 1. The molecule has 8 heteroatoms. The zero-order valence-electron chi connectivity index (χ0n) is 12.7. The van der Waals surface area contributed by atoms with Crippen molar-refractivity contribution in [2.24, 2.45) is 0 Å². The minimum absolute atomic E-state index is 0. The van der Waals surface area contributed by atoms with E-state index < -0.39 is 29.9 Å². The summed E-state index contributed by atoms with van der Waals surface area (Å²) in [6, 6.07) is 7.98. The van der Waals surface area contributed by atoms with E-state index in [0.717, 1.165) is 24.3 Å². The normalized spacial score (nSPS) is 10.8. The quantitative estimate of drug-likeness (QED) is 0.429. The van der Waals surface area contributed by atoms with Crippen molar-refractivity contribution in [2.75, 3.05) is 5.73 Å². The number of hydrogen-bond donors (Lipinski definition) is 1. The molecular weight excluding hydrogens is 334 g/mol. The van der Waals surface area contributed by atoms with E-state index in [2.05, 4.69) is 0 Å². The van der Waals surface area contributed by atoms with Crippen LogP contribution in [0.5, 0.6) is 0 Å². The van der Waals surface area contributed by atoms with E-state index in [1.807, 2.05) is 0 Å². The van der Waals surface area contributed by atoms with Crippen LogP contribution in [0.4, 0.5) is 18.9 Å². The van der Waals surface area contributed by atoms with Crippen LogP contribution in [0, 0.1) is 0 Å². The van der Waals surface area contributed by atoms with Gasteiger partial charge in [0, 0.05) is 29.2 Å². The van der Waals surface area contributed by atoms with Crippen molar-refractivity contribution in [1.29, 1.82) is 0 Å². The molecule has 120 valence electrons. The maximum atomic E-state index is 12.5. The van der Waals surface area contributed by atoms with Gasteiger partial charge in [-0.05, 0) is 23.8 Å². The molecule has 2 rings (SSSR count). The summed E-state index contributed by atoms with van der Waals surface area (Å²) in [5, 5.41) is 10.6. The van der Waals surface area contributed by atoms with Crippen LogP contribution in [0.2, 0.25) is 0 Å². The van der Waals surface area contributed by atoms with E-state index in [4.69, 9.17) is 5.73 Å². The second-order valence-corrected chi connectivity index (χ2v) is 4.83. The first-order valence-electron chi connectivity index (χ1n) is 6.49. The summed E-state index contributed by atoms with van der Waals surface area (Å²) < 4.78 is 37.5. The van der Waals surface area contributed by atoms with Gasteiger partial charge in [0.2, 0.25) is 0 Å². The largest absolute Gasteiger partial charge is 1.00 e. The molecule has 24 heavy (non-hydrogen) atoms. The van der Waals surface area contributed by atoms with E-state index in [0.29, 0.717) is 0 Å². The number of carboxylic acids is 1. The summed E-state index contributed by atoms with van der Waals surface area (Å²) in [5.74, 6) is -1.94. The topological polar surface area (TPSA) is 83.2 Å². The standard InChI is InChI=1S/C16H12F3NO3.Na/c17-16(18,19)11-6-4-9(5-7-11)15(23)12-3-1-2-10(14(12)20)8-13(21)22;/h1-7H,8,20H2,(H,21,22);/q;+1/p-1. The molecule has 0 aliphatic heterocycles. The van der Waals surface area contributed by atoms with Crippen LogP contribution in [0.3, 0.4) is 0 Å². The molecule has 0 atom stereocenters. The van der Waals surface area contributed by atoms with Gasteiger partial charge in [0.25, 0.3) is 0 Å². The van der Waals surface area contributed by atoms with Gasteiger partial charge in [-0.15, -0.1) is 0 Å². The molecule has 0 aromatic heterocycles. The average Bonchev–Trinajstić information content (AvgIpc) is 2.47. The number of rotatable bonds is 4. The molecular formula is C16H11F3NNaO3. The van der Waals surface area contributed by atoms with E-state index in [-0.39, 0.29) is 51.9 Å². The summed E-state index contributed by atoms with van der Waals surface area (Å²) in [5.41, 5.74) is 5.15. The van der Waals surface area contributed by atoms with Gasteiger partial charge >= 0.3 is 35.7 Å². The Balaban J connectivity index is 0.00000288. The van der Waals surface area contributed by atoms with Crippen LogP contribution in [-0.4, -0.2) is 11.8 Å². The second kappa shape index (κ2) is 7.83. The van der Waals surface area contributed by atoms with Crippen molar-refractivity contribution in [3.05, 3.63) is 64.7 Å². The summed E-state index contributed by atoms with van der Waals surface area (Å²) in [6.45, 7) is 0. The molecule has 0 aliphatic carbocycles. The van der Waals surface area contributed by atoms with Crippen molar-refractivity contribution in [3.8, 4) is 0 Å². The SMILES string of the molecule is Nc1c(CC(=O)[O-])cccc1C(=O)c1ccc(C(F)(F)F)cc1.[Na+]. The van der Waals surface area contributed by atoms with Gasteiger partial charge in [-0.1, -0.05) is 24.3 Å². The Labute approximate surface area is 157 Å². The van der Waals surface area contributed by atoms with Crippen LogP contribution in [0.15, 0.2) is 42.5 Å². The number of benzene rings is 2. The predicted molar refractivity (Wildman–Crippen MR) is 74.4 cm³/mol. The van der Waals surface area contributed by atoms with Crippen molar-refractivity contribution in [1.82, 2.24) is 0 Å². The third-order valence-corrected chi connectivity index (χ3v) is 3.25. The Morgan fingerprint density at radius 1 is 1.04 bits per heavy atom. The minimum atomic E-state index is -4.49. The summed E-state index contributed by atoms with van der Waals surface area (Å²) in [7, 11) is 0. The smallest absolute Gasteiger partial charge is 0.550 e. The number of para-hydroxylation sites is 1. The molecule has 0 fully saturated rings. The summed E-state index contributed by atoms with van der Waals surface area (Å²) in [6.07, 6.45) is -4.95. The van der Waals surface area contributed by atoms with Gasteiger partial charge in [-0.3, -0.25) is 4.79 Å². The Kier molecular flexibility index (Phi) is 6.59. The third-order valence-electron chi connectivity index (χ3n) is 3.25. The van der Waals surface area contributed by atoms with E-state index >= 15 is 0 Å². The molecule has 0 aliphatic rings. The molecule has 2 aromatic rings. The molecule has 0 spiro atoms. The Hall–Kier alpha value is -1.83.